The third-order valence-electron chi connectivity index (χ3n) is 4.45. The second-order valence-corrected chi connectivity index (χ2v) is 7.68. The Morgan fingerprint density at radius 2 is 1.54 bits per heavy atom. The molecule has 0 radical (unpaired) electrons. The Morgan fingerprint density at radius 1 is 0.917 bits per heavy atom. The second-order valence-electron chi connectivity index (χ2n) is 6.51. The Hall–Kier alpha value is -0.950. The fourth-order valence-electron chi connectivity index (χ4n) is 2.98. The van der Waals surface area contributed by atoms with E-state index >= 15 is 0 Å². The smallest absolute Gasteiger partial charge is 0.0119 e. The molecule has 0 amide bonds. The minimum atomic E-state index is 1.03. The van der Waals surface area contributed by atoms with Gasteiger partial charge in [0.15, 0.2) is 0 Å². The van der Waals surface area contributed by atoms with E-state index in [4.69, 9.17) is 0 Å². The molecule has 1 rings (SSSR count). The summed E-state index contributed by atoms with van der Waals surface area (Å²) < 4.78 is 0. The largest absolute Gasteiger partial charge is 0.103 e. The number of benzene rings is 1. The minimum Gasteiger partial charge on any atom is -0.103 e. The molecule has 1 aromatic carbocycles. The van der Waals surface area contributed by atoms with Gasteiger partial charge in [0.25, 0.3) is 0 Å². The van der Waals surface area contributed by atoms with E-state index in [1.54, 1.807) is 10.5 Å². The topological polar surface area (TPSA) is 0 Å². The highest BCUT2D eigenvalue weighted by Gasteiger charge is 2.07. The fraction of sp³-hybridized carbons (Fsp3) is 0.565. The average molecular weight is 345 g/mol. The Labute approximate surface area is 154 Å². The lowest BCUT2D eigenvalue weighted by molar-refractivity contribution is 0.576. The molecule has 1 aromatic rings. The zero-order valence-corrected chi connectivity index (χ0v) is 16.7. The van der Waals surface area contributed by atoms with E-state index in [1.807, 2.05) is 11.8 Å². The van der Waals surface area contributed by atoms with Gasteiger partial charge in [0.05, 0.1) is 0 Å². The van der Waals surface area contributed by atoms with Gasteiger partial charge >= 0.3 is 0 Å². The van der Waals surface area contributed by atoms with Crippen LogP contribution in [0.4, 0.5) is 0 Å². The van der Waals surface area contributed by atoms with Crippen LogP contribution in [0.25, 0.3) is 0 Å². The monoisotopic (exact) mass is 344 g/mol. The summed E-state index contributed by atoms with van der Waals surface area (Å²) in [4.78, 5) is 2.94. The van der Waals surface area contributed by atoms with Crippen molar-refractivity contribution in [1.82, 2.24) is 0 Å². The first-order valence-corrected chi connectivity index (χ1v) is 10.7. The van der Waals surface area contributed by atoms with Gasteiger partial charge in [0.2, 0.25) is 0 Å². The van der Waals surface area contributed by atoms with E-state index in [-0.39, 0.29) is 0 Å². The van der Waals surface area contributed by atoms with Crippen molar-refractivity contribution in [3.05, 3.63) is 53.5 Å². The lowest BCUT2D eigenvalue weighted by Crippen LogP contribution is -1.90. The van der Waals surface area contributed by atoms with E-state index in [1.165, 1.54) is 62.7 Å². The van der Waals surface area contributed by atoms with Crippen LogP contribution in [-0.4, -0.2) is 0 Å². The standard InChI is InChI=1S/C23H36S/c1-4-7-8-9-10-11-12-16-20-23(21(6-3)17-5-2)24-22-18-14-13-15-19-22/h5,13-15,18-19H,2,4,6-12,16-17,20H2,1,3H3/b23-21-. The van der Waals surface area contributed by atoms with Gasteiger partial charge in [-0.15, -0.1) is 6.58 Å². The minimum absolute atomic E-state index is 1.03. The second kappa shape index (κ2) is 14.4. The molecular weight excluding hydrogens is 308 g/mol. The molecule has 0 bridgehead atoms. The maximum Gasteiger partial charge on any atom is 0.0119 e. The summed E-state index contributed by atoms with van der Waals surface area (Å²) in [6.45, 7) is 8.50. The van der Waals surface area contributed by atoms with Crippen LogP contribution in [0.5, 0.6) is 0 Å². The third kappa shape index (κ3) is 9.37. The highest BCUT2D eigenvalue weighted by atomic mass is 32.2. The van der Waals surface area contributed by atoms with Crippen LogP contribution in [0.1, 0.15) is 84.5 Å². The maximum atomic E-state index is 3.94. The molecule has 0 N–H and O–H groups in total. The Morgan fingerprint density at radius 3 is 2.12 bits per heavy atom. The average Bonchev–Trinajstić information content (AvgIpc) is 2.62. The number of thioether (sulfide) groups is 1. The summed E-state index contributed by atoms with van der Waals surface area (Å²) in [6.07, 6.45) is 16.5. The van der Waals surface area contributed by atoms with Gasteiger partial charge in [-0.2, -0.15) is 0 Å². The summed E-state index contributed by atoms with van der Waals surface area (Å²) >= 11 is 1.97. The Bertz CT molecular complexity index is 458. The summed E-state index contributed by atoms with van der Waals surface area (Å²) in [6, 6.07) is 10.8. The lowest BCUT2D eigenvalue weighted by atomic mass is 10.0. The fourth-order valence-corrected chi connectivity index (χ4v) is 4.18. The van der Waals surface area contributed by atoms with Gasteiger partial charge in [-0.05, 0) is 42.7 Å². The molecule has 1 heteroatoms. The van der Waals surface area contributed by atoms with E-state index in [0.29, 0.717) is 0 Å². The zero-order valence-electron chi connectivity index (χ0n) is 15.9. The quantitative estimate of drug-likeness (QED) is 0.185. The highest BCUT2D eigenvalue weighted by Crippen LogP contribution is 2.35. The summed E-state index contributed by atoms with van der Waals surface area (Å²) in [5, 5.41) is 0. The van der Waals surface area contributed by atoms with Crippen LogP contribution in [0.2, 0.25) is 0 Å². The Balaban J connectivity index is 2.46. The molecule has 0 aromatic heterocycles. The van der Waals surface area contributed by atoms with Crippen molar-refractivity contribution < 1.29 is 0 Å². The summed E-state index contributed by atoms with van der Waals surface area (Å²) in [5.74, 6) is 0. The van der Waals surface area contributed by atoms with Crippen molar-refractivity contribution >= 4 is 11.8 Å². The molecule has 134 valence electrons. The summed E-state index contributed by atoms with van der Waals surface area (Å²) in [5.41, 5.74) is 1.57. The highest BCUT2D eigenvalue weighted by molar-refractivity contribution is 8.03. The molecule has 0 aliphatic carbocycles. The third-order valence-corrected chi connectivity index (χ3v) is 5.70. The molecule has 0 nitrogen and oxygen atoms in total. The van der Waals surface area contributed by atoms with E-state index in [9.17, 15) is 0 Å². The molecule has 0 saturated heterocycles. The molecule has 24 heavy (non-hydrogen) atoms. The number of hydrogen-bond donors (Lipinski definition) is 0. The van der Waals surface area contributed by atoms with E-state index in [2.05, 4.69) is 56.8 Å². The number of rotatable bonds is 14. The molecule has 0 saturated carbocycles. The van der Waals surface area contributed by atoms with Crippen LogP contribution >= 0.6 is 11.8 Å². The predicted octanol–water partition coefficient (Wildman–Crippen LogP) is 8.55. The van der Waals surface area contributed by atoms with Crippen molar-refractivity contribution in [3.63, 3.8) is 0 Å². The first kappa shape index (κ1) is 21.1. The van der Waals surface area contributed by atoms with Crippen molar-refractivity contribution in [1.29, 1.82) is 0 Å². The van der Waals surface area contributed by atoms with Crippen LogP contribution in [0, 0.1) is 0 Å². The molecule has 0 aliphatic heterocycles. The molecule has 0 atom stereocenters. The zero-order chi connectivity index (χ0) is 17.5. The maximum absolute atomic E-state index is 3.94. The summed E-state index contributed by atoms with van der Waals surface area (Å²) in [7, 11) is 0. The van der Waals surface area contributed by atoms with Crippen molar-refractivity contribution in [2.75, 3.05) is 0 Å². The number of unbranched alkanes of at least 4 members (excludes halogenated alkanes) is 7. The van der Waals surface area contributed by atoms with E-state index < -0.39 is 0 Å². The molecule has 0 unspecified atom stereocenters. The molecule has 0 fully saturated rings. The lowest BCUT2D eigenvalue weighted by Gasteiger charge is -2.13. The Kier molecular flexibility index (Phi) is 12.7. The SMILES string of the molecule is C=CC/C(CC)=C(/CCCCCCCCCC)Sc1ccccc1. The first-order chi connectivity index (χ1) is 11.8. The van der Waals surface area contributed by atoms with Gasteiger partial charge in [0, 0.05) is 4.90 Å². The first-order valence-electron chi connectivity index (χ1n) is 9.86. The van der Waals surface area contributed by atoms with Gasteiger partial charge in [-0.1, -0.05) is 100 Å². The number of hydrogen-bond acceptors (Lipinski definition) is 1. The van der Waals surface area contributed by atoms with Crippen molar-refractivity contribution in [2.45, 2.75) is 89.4 Å². The van der Waals surface area contributed by atoms with Gasteiger partial charge in [0.1, 0.15) is 0 Å². The molecule has 0 heterocycles. The molecular formula is C23H36S. The van der Waals surface area contributed by atoms with Crippen LogP contribution in [-0.2, 0) is 0 Å². The molecule has 0 spiro atoms. The predicted molar refractivity (Wildman–Crippen MR) is 112 cm³/mol. The number of allylic oxidation sites excluding steroid dienone is 3. The van der Waals surface area contributed by atoms with Gasteiger partial charge in [-0.3, -0.25) is 0 Å². The van der Waals surface area contributed by atoms with Gasteiger partial charge in [-0.25, -0.2) is 0 Å². The van der Waals surface area contributed by atoms with Crippen LogP contribution < -0.4 is 0 Å². The van der Waals surface area contributed by atoms with Crippen LogP contribution in [0.15, 0.2) is 58.4 Å². The van der Waals surface area contributed by atoms with Crippen LogP contribution in [0.3, 0.4) is 0 Å². The van der Waals surface area contributed by atoms with Gasteiger partial charge < -0.3 is 0 Å². The van der Waals surface area contributed by atoms with Crippen molar-refractivity contribution in [3.8, 4) is 0 Å². The van der Waals surface area contributed by atoms with E-state index in [0.717, 1.165) is 12.8 Å². The molecule has 0 aliphatic rings. The normalized spacial score (nSPS) is 12.1. The van der Waals surface area contributed by atoms with Crippen molar-refractivity contribution in [2.24, 2.45) is 0 Å².